The van der Waals surface area contributed by atoms with Crippen molar-refractivity contribution >= 4 is 11.9 Å². The average molecular weight is 238 g/mol. The molecule has 0 radical (unpaired) electrons. The summed E-state index contributed by atoms with van der Waals surface area (Å²) in [6.45, 7) is 3.05. The van der Waals surface area contributed by atoms with Gasteiger partial charge in [-0.05, 0) is 12.8 Å². The van der Waals surface area contributed by atoms with Gasteiger partial charge in [-0.1, -0.05) is 39.0 Å². The molecule has 2 aliphatic heterocycles. The minimum atomic E-state index is -0.0638. The molecule has 0 aromatic rings. The van der Waals surface area contributed by atoms with Crippen LogP contribution in [0, 0.1) is 0 Å². The molecule has 4 nitrogen and oxygen atoms in total. The minimum Gasteiger partial charge on any atom is -0.303 e. The van der Waals surface area contributed by atoms with Crippen molar-refractivity contribution in [3.63, 3.8) is 0 Å². The number of carbonyl (C=O) groups is 2. The number of hydrogen-bond donors (Lipinski definition) is 0. The lowest BCUT2D eigenvalue weighted by atomic mass is 10.1. The van der Waals surface area contributed by atoms with Crippen molar-refractivity contribution in [1.82, 2.24) is 9.80 Å². The van der Waals surface area contributed by atoms with Crippen LogP contribution in [-0.4, -0.2) is 34.4 Å². The fraction of sp³-hybridized carbons (Fsp3) is 0.846. The van der Waals surface area contributed by atoms with Crippen LogP contribution < -0.4 is 0 Å². The van der Waals surface area contributed by atoms with Gasteiger partial charge in [-0.3, -0.25) is 4.79 Å². The predicted octanol–water partition coefficient (Wildman–Crippen LogP) is 2.73. The number of fused-ring (bicyclic) bond motifs is 1. The lowest BCUT2D eigenvalue weighted by Crippen LogP contribution is -2.65. The average Bonchev–Trinajstić information content (AvgIpc) is 2.65. The zero-order valence-corrected chi connectivity index (χ0v) is 10.7. The Labute approximate surface area is 103 Å². The third kappa shape index (κ3) is 2.45. The fourth-order valence-corrected chi connectivity index (χ4v) is 2.71. The number of amides is 3. The largest absolute Gasteiger partial charge is 0.330 e. The topological polar surface area (TPSA) is 40.6 Å². The molecule has 2 saturated heterocycles. The fourth-order valence-electron chi connectivity index (χ4n) is 2.71. The van der Waals surface area contributed by atoms with Crippen molar-refractivity contribution in [2.75, 3.05) is 6.54 Å². The second kappa shape index (κ2) is 5.52. The van der Waals surface area contributed by atoms with Crippen LogP contribution in [0.2, 0.25) is 0 Å². The van der Waals surface area contributed by atoms with Crippen LogP contribution in [0.4, 0.5) is 4.79 Å². The molecule has 0 aromatic carbocycles. The van der Waals surface area contributed by atoms with Gasteiger partial charge in [-0.2, -0.15) is 0 Å². The maximum absolute atomic E-state index is 11.7. The summed E-state index contributed by atoms with van der Waals surface area (Å²) in [4.78, 5) is 26.3. The van der Waals surface area contributed by atoms with Gasteiger partial charge in [0.1, 0.15) is 6.17 Å². The van der Waals surface area contributed by atoms with Crippen molar-refractivity contribution in [1.29, 1.82) is 0 Å². The lowest BCUT2D eigenvalue weighted by molar-refractivity contribution is -0.132. The Balaban J connectivity index is 1.61. The summed E-state index contributed by atoms with van der Waals surface area (Å²) in [7, 11) is 0. The van der Waals surface area contributed by atoms with Crippen molar-refractivity contribution in [2.45, 2.75) is 64.5 Å². The van der Waals surface area contributed by atoms with E-state index in [1.165, 1.54) is 37.0 Å². The standard InChI is InChI=1S/C13H22N2O2/c1-2-3-4-5-6-7-10-14-11-8-9-12(16)15(11)13(14)17/h11H,2-10H2,1H3. The molecule has 4 heteroatoms. The number of urea groups is 1. The number of hydrogen-bond acceptors (Lipinski definition) is 2. The van der Waals surface area contributed by atoms with Crippen LogP contribution in [0.3, 0.4) is 0 Å². The summed E-state index contributed by atoms with van der Waals surface area (Å²) in [5, 5.41) is 0. The second-order valence-corrected chi connectivity index (χ2v) is 5.03. The van der Waals surface area contributed by atoms with Crippen LogP contribution in [0.5, 0.6) is 0 Å². The first-order chi connectivity index (χ1) is 8.25. The quantitative estimate of drug-likeness (QED) is 0.640. The molecule has 3 amide bonds. The summed E-state index contributed by atoms with van der Waals surface area (Å²) in [5.74, 6) is 0.0131. The van der Waals surface area contributed by atoms with E-state index in [1.807, 2.05) is 4.90 Å². The highest BCUT2D eigenvalue weighted by Gasteiger charge is 2.51. The molecule has 0 bridgehead atoms. The van der Waals surface area contributed by atoms with Gasteiger partial charge in [0.15, 0.2) is 0 Å². The van der Waals surface area contributed by atoms with E-state index < -0.39 is 0 Å². The van der Waals surface area contributed by atoms with Gasteiger partial charge in [0.2, 0.25) is 5.91 Å². The van der Waals surface area contributed by atoms with E-state index in [2.05, 4.69) is 6.92 Å². The first-order valence-electron chi connectivity index (χ1n) is 6.88. The highest BCUT2D eigenvalue weighted by molar-refractivity contribution is 6.00. The highest BCUT2D eigenvalue weighted by Crippen LogP contribution is 2.32. The van der Waals surface area contributed by atoms with E-state index in [0.29, 0.717) is 6.42 Å². The molecule has 0 N–H and O–H groups in total. The summed E-state index contributed by atoms with van der Waals surface area (Å²) in [5.41, 5.74) is 0. The third-order valence-corrected chi connectivity index (χ3v) is 3.75. The van der Waals surface area contributed by atoms with Crippen LogP contribution in [0.1, 0.15) is 58.3 Å². The van der Waals surface area contributed by atoms with E-state index in [9.17, 15) is 9.59 Å². The Morgan fingerprint density at radius 2 is 1.82 bits per heavy atom. The molecule has 0 spiro atoms. The normalized spacial score (nSPS) is 23.0. The van der Waals surface area contributed by atoms with E-state index in [4.69, 9.17) is 0 Å². The van der Waals surface area contributed by atoms with Crippen molar-refractivity contribution in [3.8, 4) is 0 Å². The van der Waals surface area contributed by atoms with Crippen molar-refractivity contribution in [3.05, 3.63) is 0 Å². The molecule has 0 aliphatic carbocycles. The van der Waals surface area contributed by atoms with Crippen LogP contribution in [0.15, 0.2) is 0 Å². The van der Waals surface area contributed by atoms with Gasteiger partial charge in [-0.25, -0.2) is 9.69 Å². The Morgan fingerprint density at radius 3 is 2.59 bits per heavy atom. The predicted molar refractivity (Wildman–Crippen MR) is 65.3 cm³/mol. The maximum Gasteiger partial charge on any atom is 0.330 e. The zero-order chi connectivity index (χ0) is 12.3. The van der Waals surface area contributed by atoms with Gasteiger partial charge in [0, 0.05) is 13.0 Å². The maximum atomic E-state index is 11.7. The number of rotatable bonds is 7. The third-order valence-electron chi connectivity index (χ3n) is 3.75. The number of unbranched alkanes of at least 4 members (excludes halogenated alkanes) is 5. The molecule has 2 heterocycles. The summed E-state index contributed by atoms with van der Waals surface area (Å²) >= 11 is 0. The van der Waals surface area contributed by atoms with Crippen LogP contribution >= 0.6 is 0 Å². The zero-order valence-electron chi connectivity index (χ0n) is 10.7. The Kier molecular flexibility index (Phi) is 4.02. The molecule has 0 aromatic heterocycles. The van der Waals surface area contributed by atoms with E-state index in [0.717, 1.165) is 19.4 Å². The lowest BCUT2D eigenvalue weighted by Gasteiger charge is -2.45. The van der Waals surface area contributed by atoms with E-state index in [1.54, 1.807) is 0 Å². The van der Waals surface area contributed by atoms with Gasteiger partial charge < -0.3 is 4.90 Å². The molecule has 1 atom stereocenters. The van der Waals surface area contributed by atoms with Crippen molar-refractivity contribution < 1.29 is 9.59 Å². The molecule has 2 rings (SSSR count). The van der Waals surface area contributed by atoms with Crippen LogP contribution in [0.25, 0.3) is 0 Å². The Bertz CT molecular complexity index is 304. The first kappa shape index (κ1) is 12.4. The molecule has 0 saturated carbocycles. The molecule has 1 unspecified atom stereocenters. The Hall–Kier alpha value is -1.06. The number of nitrogens with zero attached hydrogens (tertiary/aromatic N) is 2. The molecule has 2 fully saturated rings. The highest BCUT2D eigenvalue weighted by atomic mass is 16.2. The van der Waals surface area contributed by atoms with E-state index >= 15 is 0 Å². The summed E-state index contributed by atoms with van der Waals surface area (Å²) in [6, 6.07) is -0.0638. The molecule has 96 valence electrons. The van der Waals surface area contributed by atoms with Crippen molar-refractivity contribution in [2.24, 2.45) is 0 Å². The summed E-state index contributed by atoms with van der Waals surface area (Å²) < 4.78 is 0. The second-order valence-electron chi connectivity index (χ2n) is 5.03. The number of imide groups is 1. The molecular weight excluding hydrogens is 216 g/mol. The Morgan fingerprint density at radius 1 is 1.12 bits per heavy atom. The van der Waals surface area contributed by atoms with Crippen LogP contribution in [-0.2, 0) is 4.79 Å². The molecule has 2 aliphatic rings. The van der Waals surface area contributed by atoms with Gasteiger partial charge in [0.05, 0.1) is 0 Å². The summed E-state index contributed by atoms with van der Waals surface area (Å²) in [6.07, 6.45) is 8.91. The number of carbonyl (C=O) groups excluding carboxylic acids is 2. The first-order valence-corrected chi connectivity index (χ1v) is 6.88. The SMILES string of the molecule is CCCCCCCCN1C(=O)N2C(=O)CCC12. The minimum absolute atomic E-state index is 0.0131. The smallest absolute Gasteiger partial charge is 0.303 e. The molecule has 17 heavy (non-hydrogen) atoms. The monoisotopic (exact) mass is 238 g/mol. The van der Waals surface area contributed by atoms with Gasteiger partial charge in [0.25, 0.3) is 0 Å². The molecular formula is C13H22N2O2. The van der Waals surface area contributed by atoms with Gasteiger partial charge >= 0.3 is 6.03 Å². The van der Waals surface area contributed by atoms with Gasteiger partial charge in [-0.15, -0.1) is 0 Å². The van der Waals surface area contributed by atoms with E-state index in [-0.39, 0.29) is 18.1 Å².